The number of aryl methyl sites for hydroxylation is 2. The van der Waals surface area contributed by atoms with Crippen molar-refractivity contribution in [3.8, 4) is 0 Å². The topological polar surface area (TPSA) is 92.8 Å². The number of fused-ring (bicyclic) bond motifs is 2. The van der Waals surface area contributed by atoms with Crippen molar-refractivity contribution in [2.45, 2.75) is 30.7 Å². The second-order valence-electron chi connectivity index (χ2n) is 7.99. The van der Waals surface area contributed by atoms with Crippen LogP contribution in [0.25, 0.3) is 11.1 Å². The van der Waals surface area contributed by atoms with E-state index in [0.717, 1.165) is 24.8 Å². The lowest BCUT2D eigenvalue weighted by Crippen LogP contribution is -2.51. The molecule has 5 rings (SSSR count). The van der Waals surface area contributed by atoms with Crippen LogP contribution in [0.1, 0.15) is 17.5 Å². The molecule has 162 valence electrons. The zero-order valence-corrected chi connectivity index (χ0v) is 17.8. The number of amides is 1. The van der Waals surface area contributed by atoms with Gasteiger partial charge in [0.1, 0.15) is 6.54 Å². The summed E-state index contributed by atoms with van der Waals surface area (Å²) in [4.78, 5) is 26.8. The first-order valence-electron chi connectivity index (χ1n) is 10.4. The Balaban J connectivity index is 1.27. The van der Waals surface area contributed by atoms with Crippen molar-refractivity contribution >= 4 is 27.0 Å². The lowest BCUT2D eigenvalue weighted by Gasteiger charge is -2.34. The van der Waals surface area contributed by atoms with E-state index in [9.17, 15) is 18.0 Å². The fourth-order valence-corrected chi connectivity index (χ4v) is 5.91. The van der Waals surface area contributed by atoms with E-state index in [-0.39, 0.29) is 38.6 Å². The molecule has 0 bridgehead atoms. The smallest absolute Gasteiger partial charge is 0.408 e. The van der Waals surface area contributed by atoms with E-state index in [4.69, 9.17) is 4.42 Å². The van der Waals surface area contributed by atoms with Crippen LogP contribution in [0.5, 0.6) is 0 Å². The van der Waals surface area contributed by atoms with Crippen LogP contribution >= 0.6 is 0 Å². The number of para-hydroxylation sites is 2. The molecule has 1 saturated heterocycles. The van der Waals surface area contributed by atoms with Gasteiger partial charge in [-0.15, -0.1) is 0 Å². The summed E-state index contributed by atoms with van der Waals surface area (Å²) in [7, 11) is -3.59. The summed E-state index contributed by atoms with van der Waals surface area (Å²) >= 11 is 0. The van der Waals surface area contributed by atoms with Crippen LogP contribution in [-0.4, -0.2) is 54.3 Å². The molecule has 2 aliphatic rings. The number of hydrogen-bond donors (Lipinski definition) is 0. The quantitative estimate of drug-likeness (QED) is 0.613. The maximum Gasteiger partial charge on any atom is 0.420 e. The van der Waals surface area contributed by atoms with E-state index in [0.29, 0.717) is 16.0 Å². The lowest BCUT2D eigenvalue weighted by molar-refractivity contribution is -0.133. The zero-order valence-electron chi connectivity index (χ0n) is 17.0. The van der Waals surface area contributed by atoms with Crippen LogP contribution in [0.4, 0.5) is 0 Å². The highest BCUT2D eigenvalue weighted by molar-refractivity contribution is 7.89. The Bertz CT molecular complexity index is 1320. The van der Waals surface area contributed by atoms with E-state index in [1.165, 1.54) is 14.4 Å². The third-order valence-corrected chi connectivity index (χ3v) is 8.06. The average molecular weight is 442 g/mol. The second kappa shape index (κ2) is 7.65. The highest BCUT2D eigenvalue weighted by atomic mass is 32.2. The summed E-state index contributed by atoms with van der Waals surface area (Å²) in [6.45, 7) is 0.896. The molecule has 3 aromatic rings. The minimum Gasteiger partial charge on any atom is -0.408 e. The number of carbonyl (C=O) groups is 1. The highest BCUT2D eigenvalue weighted by Crippen LogP contribution is 2.26. The van der Waals surface area contributed by atoms with Gasteiger partial charge in [-0.25, -0.2) is 13.2 Å². The van der Waals surface area contributed by atoms with Crippen LogP contribution in [0, 0.1) is 0 Å². The first-order valence-corrected chi connectivity index (χ1v) is 11.9. The molecular formula is C22H23N3O5S. The fraction of sp³-hybridized carbons (Fsp3) is 0.364. The Morgan fingerprint density at radius 2 is 1.71 bits per heavy atom. The monoisotopic (exact) mass is 441 g/mol. The van der Waals surface area contributed by atoms with Crippen molar-refractivity contribution in [3.05, 3.63) is 64.1 Å². The minimum atomic E-state index is -3.59. The number of benzene rings is 2. The van der Waals surface area contributed by atoms with E-state index in [1.807, 2.05) is 6.07 Å². The Hall–Kier alpha value is -2.91. The van der Waals surface area contributed by atoms with Gasteiger partial charge in [0.25, 0.3) is 0 Å². The summed E-state index contributed by atoms with van der Waals surface area (Å²) in [6, 6.07) is 12.4. The molecule has 1 aliphatic carbocycles. The molecule has 2 heterocycles. The van der Waals surface area contributed by atoms with Gasteiger partial charge in [-0.1, -0.05) is 18.2 Å². The standard InChI is InChI=1S/C22H23N3O5S/c26-21(15-25-19-6-1-2-7-20(19)30-22(25)27)23-10-12-24(13-11-23)31(28,29)18-9-8-16-4-3-5-17(16)14-18/h1-2,6-9,14H,3-5,10-13,15H2. The van der Waals surface area contributed by atoms with Crippen LogP contribution < -0.4 is 5.76 Å². The molecule has 0 saturated carbocycles. The molecule has 2 aromatic carbocycles. The molecule has 1 aromatic heterocycles. The predicted molar refractivity (Wildman–Crippen MR) is 114 cm³/mol. The minimum absolute atomic E-state index is 0.132. The van der Waals surface area contributed by atoms with E-state index < -0.39 is 15.8 Å². The van der Waals surface area contributed by atoms with Crippen LogP contribution in [0.2, 0.25) is 0 Å². The van der Waals surface area contributed by atoms with Gasteiger partial charge in [-0.3, -0.25) is 9.36 Å². The molecule has 1 fully saturated rings. The number of aromatic nitrogens is 1. The van der Waals surface area contributed by atoms with Gasteiger partial charge in [0.05, 0.1) is 10.4 Å². The van der Waals surface area contributed by atoms with Crippen LogP contribution in [0.15, 0.2) is 56.6 Å². The number of carbonyl (C=O) groups excluding carboxylic acids is 1. The van der Waals surface area contributed by atoms with Gasteiger partial charge in [-0.05, 0) is 54.7 Å². The van der Waals surface area contributed by atoms with Crippen LogP contribution in [0.3, 0.4) is 0 Å². The summed E-state index contributed by atoms with van der Waals surface area (Å²) in [5.41, 5.74) is 3.35. The predicted octanol–water partition coefficient (Wildman–Crippen LogP) is 1.62. The SMILES string of the molecule is O=C(Cn1c(=O)oc2ccccc21)N1CCN(S(=O)(=O)c2ccc3c(c2)CCC3)CC1. The zero-order chi connectivity index (χ0) is 21.6. The number of rotatable bonds is 4. The first kappa shape index (κ1) is 20.0. The van der Waals surface area contributed by atoms with Crippen molar-refractivity contribution in [1.82, 2.24) is 13.8 Å². The highest BCUT2D eigenvalue weighted by Gasteiger charge is 2.31. The van der Waals surface area contributed by atoms with Gasteiger partial charge in [0.15, 0.2) is 5.58 Å². The van der Waals surface area contributed by atoms with Gasteiger partial charge >= 0.3 is 5.76 Å². The Labute approximate surface area is 179 Å². The molecule has 31 heavy (non-hydrogen) atoms. The molecule has 8 nitrogen and oxygen atoms in total. The number of oxazole rings is 1. The molecule has 0 atom stereocenters. The Morgan fingerprint density at radius 3 is 2.52 bits per heavy atom. The molecule has 0 N–H and O–H groups in total. The Kier molecular flexibility index (Phi) is 4.94. The molecule has 9 heteroatoms. The van der Waals surface area contributed by atoms with E-state index in [1.54, 1.807) is 41.3 Å². The summed E-state index contributed by atoms with van der Waals surface area (Å²) in [5, 5.41) is 0. The van der Waals surface area contributed by atoms with Gasteiger partial charge < -0.3 is 9.32 Å². The van der Waals surface area contributed by atoms with Gasteiger partial charge in [-0.2, -0.15) is 4.31 Å². The van der Waals surface area contributed by atoms with Crippen LogP contribution in [-0.2, 0) is 34.2 Å². The third kappa shape index (κ3) is 3.57. The summed E-state index contributed by atoms with van der Waals surface area (Å²) in [5.74, 6) is -0.810. The molecule has 0 radical (unpaired) electrons. The second-order valence-corrected chi connectivity index (χ2v) is 9.93. The molecular weight excluding hydrogens is 418 g/mol. The number of nitrogens with zero attached hydrogens (tertiary/aromatic N) is 3. The molecule has 0 spiro atoms. The van der Waals surface area contributed by atoms with Crippen molar-refractivity contribution in [1.29, 1.82) is 0 Å². The van der Waals surface area contributed by atoms with Crippen molar-refractivity contribution in [2.24, 2.45) is 0 Å². The molecule has 0 unspecified atom stereocenters. The average Bonchev–Trinajstić information content (AvgIpc) is 3.37. The Morgan fingerprint density at radius 1 is 0.968 bits per heavy atom. The third-order valence-electron chi connectivity index (χ3n) is 6.17. The summed E-state index contributed by atoms with van der Waals surface area (Å²) < 4.78 is 34.1. The maximum absolute atomic E-state index is 13.1. The number of piperazine rings is 1. The largest absolute Gasteiger partial charge is 0.420 e. The number of hydrogen-bond acceptors (Lipinski definition) is 5. The number of sulfonamides is 1. The fourth-order valence-electron chi connectivity index (χ4n) is 4.43. The van der Waals surface area contributed by atoms with Crippen molar-refractivity contribution < 1.29 is 17.6 Å². The normalized spacial score (nSPS) is 17.2. The summed E-state index contributed by atoms with van der Waals surface area (Å²) in [6.07, 6.45) is 2.99. The maximum atomic E-state index is 13.1. The van der Waals surface area contributed by atoms with Gasteiger partial charge in [0.2, 0.25) is 15.9 Å². The lowest BCUT2D eigenvalue weighted by atomic mass is 10.1. The molecule has 1 amide bonds. The van der Waals surface area contributed by atoms with E-state index >= 15 is 0 Å². The van der Waals surface area contributed by atoms with Crippen molar-refractivity contribution in [2.75, 3.05) is 26.2 Å². The molecule has 1 aliphatic heterocycles. The van der Waals surface area contributed by atoms with Gasteiger partial charge in [0, 0.05) is 26.2 Å². The van der Waals surface area contributed by atoms with Crippen molar-refractivity contribution in [3.63, 3.8) is 0 Å². The first-order chi connectivity index (χ1) is 14.9. The van der Waals surface area contributed by atoms with E-state index in [2.05, 4.69) is 0 Å².